The summed E-state index contributed by atoms with van der Waals surface area (Å²) in [6, 6.07) is -0.810. The van der Waals surface area contributed by atoms with Crippen LogP contribution < -0.4 is 5.32 Å². The fourth-order valence-electron chi connectivity index (χ4n) is 8.87. The molecule has 0 aliphatic carbocycles. The predicted octanol–water partition coefficient (Wildman–Crippen LogP) is 14.6. The van der Waals surface area contributed by atoms with Gasteiger partial charge < -0.3 is 40.3 Å². The number of rotatable bonds is 49. The third-order valence-corrected chi connectivity index (χ3v) is 13.5. The van der Waals surface area contributed by atoms with Crippen LogP contribution in [0.1, 0.15) is 245 Å². The SMILES string of the molecule is CC/C=C\C/C=C\C/C=C\C/C=C\C/C=C\C/C=C\CCCCCCCCCCCCCCC(=O)NC(COC1OC(CO)C(O)C(O)C1O)C(O)/C=C/CCCCCCCCCCCCCCCCC. The molecule has 71 heavy (non-hydrogen) atoms. The number of carbonyl (C=O) groups excluding carboxylic acids is 1. The number of unbranched alkanes of at least 4 members (excludes halogenated alkanes) is 27. The molecular weight excluding hydrogens is 887 g/mol. The van der Waals surface area contributed by atoms with E-state index in [2.05, 4.69) is 92.1 Å². The van der Waals surface area contributed by atoms with Gasteiger partial charge in [-0.15, -0.1) is 0 Å². The summed E-state index contributed by atoms with van der Waals surface area (Å²) >= 11 is 0. The van der Waals surface area contributed by atoms with Gasteiger partial charge in [-0.1, -0.05) is 253 Å². The number of aliphatic hydroxyl groups is 5. The van der Waals surface area contributed by atoms with Gasteiger partial charge in [0.25, 0.3) is 0 Å². The molecule has 0 spiro atoms. The highest BCUT2D eigenvalue weighted by Crippen LogP contribution is 2.23. The van der Waals surface area contributed by atoms with Crippen molar-refractivity contribution in [2.75, 3.05) is 13.2 Å². The molecule has 6 N–H and O–H groups in total. The Morgan fingerprint density at radius 1 is 0.493 bits per heavy atom. The van der Waals surface area contributed by atoms with Gasteiger partial charge in [-0.3, -0.25) is 4.79 Å². The molecule has 7 atom stereocenters. The zero-order valence-corrected chi connectivity index (χ0v) is 45.5. The van der Waals surface area contributed by atoms with Gasteiger partial charge in [-0.2, -0.15) is 0 Å². The quantitative estimate of drug-likeness (QED) is 0.0261. The van der Waals surface area contributed by atoms with Crippen LogP contribution in [-0.4, -0.2) is 87.5 Å². The van der Waals surface area contributed by atoms with Gasteiger partial charge in [-0.05, 0) is 70.6 Å². The highest BCUT2D eigenvalue weighted by molar-refractivity contribution is 5.76. The average molecular weight is 997 g/mol. The molecule has 1 rings (SSSR count). The lowest BCUT2D eigenvalue weighted by Gasteiger charge is -2.40. The summed E-state index contributed by atoms with van der Waals surface area (Å²) in [5.74, 6) is -0.181. The molecule has 1 heterocycles. The summed E-state index contributed by atoms with van der Waals surface area (Å²) in [6.07, 6.45) is 65.0. The Hall–Kier alpha value is -2.63. The lowest BCUT2D eigenvalue weighted by Crippen LogP contribution is -2.60. The number of amides is 1. The number of hydrogen-bond donors (Lipinski definition) is 6. The standard InChI is InChI=1S/C62H109NO8/c1-3-5-7-9-11-13-15-17-19-21-22-23-24-25-26-27-28-29-30-31-32-33-34-36-38-40-42-44-46-48-50-52-58(66)63-55(54-70-62-61(69)60(68)59(67)57(53-64)71-62)56(65)51-49-47-45-43-41-39-37-35-20-18-16-14-12-10-8-6-4-2/h5,7,11,13,17,19,22-23,25-26,28-29,49,51,55-57,59-62,64-65,67-69H,3-4,6,8-10,12,14-16,18,20-21,24,27,30-48,50,52-54H2,1-2H3,(H,63,66)/b7-5-,13-11-,19-17-,23-22-,26-25-,29-28-,51-49+. The van der Waals surface area contributed by atoms with Gasteiger partial charge in [0.15, 0.2) is 6.29 Å². The molecule has 410 valence electrons. The maximum Gasteiger partial charge on any atom is 0.220 e. The topological polar surface area (TPSA) is 149 Å². The van der Waals surface area contributed by atoms with E-state index >= 15 is 0 Å². The van der Waals surface area contributed by atoms with Crippen molar-refractivity contribution in [1.82, 2.24) is 5.32 Å². The maximum absolute atomic E-state index is 13.1. The number of ether oxygens (including phenoxy) is 2. The van der Waals surface area contributed by atoms with Gasteiger partial charge in [-0.25, -0.2) is 0 Å². The van der Waals surface area contributed by atoms with E-state index in [9.17, 15) is 30.3 Å². The molecule has 9 heteroatoms. The van der Waals surface area contributed by atoms with E-state index in [1.165, 1.54) is 148 Å². The van der Waals surface area contributed by atoms with Crippen LogP contribution in [0.5, 0.6) is 0 Å². The molecule has 1 saturated heterocycles. The first-order valence-corrected chi connectivity index (χ1v) is 29.3. The Balaban J connectivity index is 2.20. The van der Waals surface area contributed by atoms with E-state index in [1.54, 1.807) is 6.08 Å². The molecular formula is C62H109NO8. The molecule has 1 aliphatic heterocycles. The Morgan fingerprint density at radius 2 is 0.873 bits per heavy atom. The van der Waals surface area contributed by atoms with E-state index in [0.29, 0.717) is 6.42 Å². The predicted molar refractivity (Wildman–Crippen MR) is 299 cm³/mol. The summed E-state index contributed by atoms with van der Waals surface area (Å²) in [7, 11) is 0. The van der Waals surface area contributed by atoms with Crippen molar-refractivity contribution in [3.8, 4) is 0 Å². The van der Waals surface area contributed by atoms with Crippen molar-refractivity contribution in [2.24, 2.45) is 0 Å². The van der Waals surface area contributed by atoms with E-state index < -0.39 is 49.5 Å². The first-order valence-electron chi connectivity index (χ1n) is 29.3. The maximum atomic E-state index is 13.1. The second kappa shape index (κ2) is 50.9. The second-order valence-corrected chi connectivity index (χ2v) is 20.1. The van der Waals surface area contributed by atoms with E-state index in [0.717, 1.165) is 77.0 Å². The van der Waals surface area contributed by atoms with E-state index in [4.69, 9.17) is 9.47 Å². The van der Waals surface area contributed by atoms with Crippen LogP contribution in [0.3, 0.4) is 0 Å². The van der Waals surface area contributed by atoms with Gasteiger partial charge >= 0.3 is 0 Å². The smallest absolute Gasteiger partial charge is 0.220 e. The van der Waals surface area contributed by atoms with E-state index in [-0.39, 0.29) is 12.5 Å². The molecule has 0 bridgehead atoms. The van der Waals surface area contributed by atoms with Gasteiger partial charge in [0.1, 0.15) is 24.4 Å². The highest BCUT2D eigenvalue weighted by atomic mass is 16.7. The Kier molecular flexibility index (Phi) is 47.6. The Labute approximate surface area is 435 Å². The van der Waals surface area contributed by atoms with Crippen LogP contribution in [0.15, 0.2) is 85.1 Å². The Morgan fingerprint density at radius 3 is 1.30 bits per heavy atom. The molecule has 1 fully saturated rings. The molecule has 9 nitrogen and oxygen atoms in total. The monoisotopic (exact) mass is 996 g/mol. The number of aliphatic hydroxyl groups excluding tert-OH is 5. The minimum Gasteiger partial charge on any atom is -0.394 e. The van der Waals surface area contributed by atoms with Crippen LogP contribution in [0.4, 0.5) is 0 Å². The summed E-state index contributed by atoms with van der Waals surface area (Å²) in [5, 5.41) is 54.5. The van der Waals surface area contributed by atoms with Crippen LogP contribution in [0, 0.1) is 0 Å². The summed E-state index contributed by atoms with van der Waals surface area (Å²) in [6.45, 7) is 3.67. The fraction of sp³-hybridized carbons (Fsp3) is 0.758. The van der Waals surface area contributed by atoms with Gasteiger partial charge in [0.05, 0.1) is 25.4 Å². The largest absolute Gasteiger partial charge is 0.394 e. The molecule has 1 aliphatic rings. The first kappa shape index (κ1) is 66.4. The molecule has 0 aromatic rings. The van der Waals surface area contributed by atoms with Crippen LogP contribution in [0.2, 0.25) is 0 Å². The third kappa shape index (κ3) is 40.4. The Bertz CT molecular complexity index is 1390. The molecule has 0 aromatic carbocycles. The zero-order valence-electron chi connectivity index (χ0n) is 45.5. The zero-order chi connectivity index (χ0) is 51.5. The lowest BCUT2D eigenvalue weighted by atomic mass is 9.99. The van der Waals surface area contributed by atoms with E-state index in [1.807, 2.05) is 6.08 Å². The number of nitrogens with one attached hydrogen (secondary N) is 1. The summed E-state index contributed by atoms with van der Waals surface area (Å²) in [4.78, 5) is 13.1. The van der Waals surface area contributed by atoms with Crippen molar-refractivity contribution < 1.29 is 39.8 Å². The van der Waals surface area contributed by atoms with Crippen molar-refractivity contribution >= 4 is 5.91 Å². The molecule has 7 unspecified atom stereocenters. The fourth-order valence-corrected chi connectivity index (χ4v) is 8.87. The van der Waals surface area contributed by atoms with Crippen molar-refractivity contribution in [3.63, 3.8) is 0 Å². The third-order valence-electron chi connectivity index (χ3n) is 13.5. The summed E-state index contributed by atoms with van der Waals surface area (Å²) < 4.78 is 11.3. The van der Waals surface area contributed by atoms with Crippen molar-refractivity contribution in [2.45, 2.75) is 288 Å². The first-order chi connectivity index (χ1) is 34.8. The van der Waals surface area contributed by atoms with Crippen LogP contribution in [-0.2, 0) is 14.3 Å². The molecule has 0 aromatic heterocycles. The van der Waals surface area contributed by atoms with Crippen LogP contribution >= 0.6 is 0 Å². The normalized spacial score (nSPS) is 19.9. The molecule has 0 radical (unpaired) electrons. The number of allylic oxidation sites excluding steroid dienone is 13. The molecule has 0 saturated carbocycles. The average Bonchev–Trinajstić information content (AvgIpc) is 3.37. The van der Waals surface area contributed by atoms with Crippen LogP contribution in [0.25, 0.3) is 0 Å². The second-order valence-electron chi connectivity index (χ2n) is 20.1. The minimum atomic E-state index is -1.57. The number of carbonyl (C=O) groups is 1. The molecule has 1 amide bonds. The lowest BCUT2D eigenvalue weighted by molar-refractivity contribution is -0.302. The van der Waals surface area contributed by atoms with Crippen molar-refractivity contribution in [1.29, 1.82) is 0 Å². The van der Waals surface area contributed by atoms with Crippen molar-refractivity contribution in [3.05, 3.63) is 85.1 Å². The minimum absolute atomic E-state index is 0.181. The van der Waals surface area contributed by atoms with Gasteiger partial charge in [0.2, 0.25) is 5.91 Å². The van der Waals surface area contributed by atoms with Gasteiger partial charge in [0, 0.05) is 6.42 Å². The number of hydrogen-bond acceptors (Lipinski definition) is 8. The summed E-state index contributed by atoms with van der Waals surface area (Å²) in [5.41, 5.74) is 0. The highest BCUT2D eigenvalue weighted by Gasteiger charge is 2.44.